The Bertz CT molecular complexity index is 470. The molecule has 1 aromatic rings. The Labute approximate surface area is 131 Å². The van der Waals surface area contributed by atoms with Crippen molar-refractivity contribution in [1.29, 1.82) is 0 Å². The molecule has 1 aromatic carbocycles. The highest BCUT2D eigenvalue weighted by molar-refractivity contribution is 5.97. The second kappa shape index (κ2) is 8.64. The van der Waals surface area contributed by atoms with Gasteiger partial charge < -0.3 is 16.0 Å². The van der Waals surface area contributed by atoms with Crippen LogP contribution in [-0.4, -0.2) is 30.9 Å². The first-order valence-electron chi connectivity index (χ1n) is 7.13. The maximum absolute atomic E-state index is 11.9. The summed E-state index contributed by atoms with van der Waals surface area (Å²) >= 11 is 0. The van der Waals surface area contributed by atoms with Crippen molar-refractivity contribution >= 4 is 29.9 Å². The first-order valence-corrected chi connectivity index (χ1v) is 7.13. The lowest BCUT2D eigenvalue weighted by molar-refractivity contribution is -0.117. The zero-order valence-corrected chi connectivity index (χ0v) is 13.0. The topological polar surface area (TPSA) is 70.2 Å². The molecule has 1 atom stereocenters. The zero-order chi connectivity index (χ0) is 14.4. The fourth-order valence-corrected chi connectivity index (χ4v) is 2.18. The Kier molecular flexibility index (Phi) is 7.19. The summed E-state index contributed by atoms with van der Waals surface area (Å²) < 4.78 is 0. The number of benzene rings is 1. The van der Waals surface area contributed by atoms with E-state index in [1.54, 1.807) is 24.3 Å². The number of anilines is 1. The van der Waals surface area contributed by atoms with E-state index in [1.807, 2.05) is 6.92 Å². The lowest BCUT2D eigenvalue weighted by Crippen LogP contribution is -2.35. The van der Waals surface area contributed by atoms with Gasteiger partial charge in [0, 0.05) is 17.8 Å². The third-order valence-electron chi connectivity index (χ3n) is 3.33. The van der Waals surface area contributed by atoms with Gasteiger partial charge in [-0.15, -0.1) is 12.4 Å². The molecule has 0 bridgehead atoms. The van der Waals surface area contributed by atoms with Crippen LogP contribution in [0.15, 0.2) is 24.3 Å². The number of rotatable bonds is 5. The van der Waals surface area contributed by atoms with Gasteiger partial charge in [-0.1, -0.05) is 6.92 Å². The van der Waals surface area contributed by atoms with Crippen molar-refractivity contribution in [2.24, 2.45) is 0 Å². The van der Waals surface area contributed by atoms with Crippen LogP contribution < -0.4 is 16.0 Å². The Morgan fingerprint density at radius 2 is 2.00 bits per heavy atom. The number of hydrogen-bond donors (Lipinski definition) is 3. The van der Waals surface area contributed by atoms with Gasteiger partial charge in [0.05, 0.1) is 6.04 Å². The third kappa shape index (κ3) is 5.02. The smallest absolute Gasteiger partial charge is 0.251 e. The second-order valence-electron chi connectivity index (χ2n) is 4.97. The Hall–Kier alpha value is -1.59. The highest BCUT2D eigenvalue weighted by Gasteiger charge is 2.21. The monoisotopic (exact) mass is 311 g/mol. The maximum atomic E-state index is 11.9. The summed E-state index contributed by atoms with van der Waals surface area (Å²) in [6.45, 7) is 3.58. The third-order valence-corrected chi connectivity index (χ3v) is 3.33. The number of carbonyl (C=O) groups excluding carboxylic acids is 2. The molecule has 0 radical (unpaired) electrons. The zero-order valence-electron chi connectivity index (χ0n) is 12.1. The van der Waals surface area contributed by atoms with Crippen molar-refractivity contribution in [1.82, 2.24) is 10.6 Å². The van der Waals surface area contributed by atoms with Crippen molar-refractivity contribution in [3.63, 3.8) is 0 Å². The molecule has 0 aliphatic carbocycles. The fourth-order valence-electron chi connectivity index (χ4n) is 2.18. The molecule has 1 unspecified atom stereocenters. The van der Waals surface area contributed by atoms with Gasteiger partial charge in [0.25, 0.3) is 5.91 Å². The molecule has 0 spiro atoms. The van der Waals surface area contributed by atoms with Gasteiger partial charge in [0.2, 0.25) is 5.91 Å². The van der Waals surface area contributed by atoms with Crippen LogP contribution in [0.1, 0.15) is 36.5 Å². The van der Waals surface area contributed by atoms with Gasteiger partial charge in [0.15, 0.2) is 0 Å². The minimum atomic E-state index is -0.0949. The normalized spacial score (nSPS) is 16.9. The van der Waals surface area contributed by atoms with E-state index >= 15 is 0 Å². The second-order valence-corrected chi connectivity index (χ2v) is 4.97. The lowest BCUT2D eigenvalue weighted by atomic mass is 10.1. The quantitative estimate of drug-likeness (QED) is 0.778. The Morgan fingerprint density at radius 1 is 1.29 bits per heavy atom. The number of amides is 2. The van der Waals surface area contributed by atoms with Crippen LogP contribution in [0.2, 0.25) is 0 Å². The summed E-state index contributed by atoms with van der Waals surface area (Å²) in [6, 6.07) is 6.87. The van der Waals surface area contributed by atoms with Gasteiger partial charge >= 0.3 is 0 Å². The van der Waals surface area contributed by atoms with Crippen LogP contribution in [0.5, 0.6) is 0 Å². The SMILES string of the molecule is CCCNC(=O)c1ccc(NC(=O)C2CCCN2)cc1.Cl. The molecular formula is C15H22ClN3O2. The van der Waals surface area contributed by atoms with Crippen molar-refractivity contribution in [3.8, 4) is 0 Å². The molecule has 1 heterocycles. The summed E-state index contributed by atoms with van der Waals surface area (Å²) in [4.78, 5) is 23.7. The molecule has 1 aliphatic rings. The van der Waals surface area contributed by atoms with E-state index in [1.165, 1.54) is 0 Å². The highest BCUT2D eigenvalue weighted by atomic mass is 35.5. The Balaban J connectivity index is 0.00000220. The molecule has 6 heteroatoms. The summed E-state index contributed by atoms with van der Waals surface area (Å²) in [5.41, 5.74) is 1.33. The van der Waals surface area contributed by atoms with E-state index in [0.717, 1.165) is 31.5 Å². The standard InChI is InChI=1S/C15H21N3O2.ClH/c1-2-9-17-14(19)11-5-7-12(8-6-11)18-15(20)13-4-3-10-16-13;/h5-8,13,16H,2-4,9-10H2,1H3,(H,17,19)(H,18,20);1H. The average molecular weight is 312 g/mol. The summed E-state index contributed by atoms with van der Waals surface area (Å²) in [6.07, 6.45) is 2.83. The minimum absolute atomic E-state index is 0. The predicted octanol–water partition coefficient (Wildman–Crippen LogP) is 1.94. The molecule has 116 valence electrons. The van der Waals surface area contributed by atoms with Crippen LogP contribution in [0.3, 0.4) is 0 Å². The van der Waals surface area contributed by atoms with Crippen LogP contribution in [0.25, 0.3) is 0 Å². The maximum Gasteiger partial charge on any atom is 0.251 e. The van der Waals surface area contributed by atoms with Crippen molar-refractivity contribution < 1.29 is 9.59 Å². The van der Waals surface area contributed by atoms with Crippen molar-refractivity contribution in [2.45, 2.75) is 32.2 Å². The van der Waals surface area contributed by atoms with Crippen LogP contribution in [-0.2, 0) is 4.79 Å². The fraction of sp³-hybridized carbons (Fsp3) is 0.467. The number of halogens is 1. The van der Waals surface area contributed by atoms with Gasteiger partial charge in [-0.05, 0) is 50.1 Å². The number of hydrogen-bond acceptors (Lipinski definition) is 3. The molecule has 2 amide bonds. The minimum Gasteiger partial charge on any atom is -0.352 e. The van der Waals surface area contributed by atoms with Crippen LogP contribution >= 0.6 is 12.4 Å². The molecular weight excluding hydrogens is 290 g/mol. The van der Waals surface area contributed by atoms with Crippen LogP contribution in [0, 0.1) is 0 Å². The average Bonchev–Trinajstić information content (AvgIpc) is 3.00. The van der Waals surface area contributed by atoms with Gasteiger partial charge in [-0.3, -0.25) is 9.59 Å². The predicted molar refractivity (Wildman–Crippen MR) is 86.0 cm³/mol. The van der Waals surface area contributed by atoms with Crippen molar-refractivity contribution in [3.05, 3.63) is 29.8 Å². The van der Waals surface area contributed by atoms with Crippen molar-refractivity contribution in [2.75, 3.05) is 18.4 Å². The first kappa shape index (κ1) is 17.5. The van der Waals surface area contributed by atoms with E-state index in [4.69, 9.17) is 0 Å². The summed E-state index contributed by atoms with van der Waals surface area (Å²) in [5, 5.41) is 8.83. The molecule has 5 nitrogen and oxygen atoms in total. The molecule has 21 heavy (non-hydrogen) atoms. The van der Waals surface area contributed by atoms with E-state index in [0.29, 0.717) is 12.1 Å². The van der Waals surface area contributed by atoms with Crippen LogP contribution in [0.4, 0.5) is 5.69 Å². The molecule has 3 N–H and O–H groups in total. The Morgan fingerprint density at radius 3 is 2.57 bits per heavy atom. The number of carbonyl (C=O) groups is 2. The van der Waals surface area contributed by atoms with Gasteiger partial charge in [0.1, 0.15) is 0 Å². The van der Waals surface area contributed by atoms with Gasteiger partial charge in [-0.2, -0.15) is 0 Å². The lowest BCUT2D eigenvalue weighted by Gasteiger charge is -2.11. The highest BCUT2D eigenvalue weighted by Crippen LogP contribution is 2.12. The molecule has 1 aliphatic heterocycles. The largest absolute Gasteiger partial charge is 0.352 e. The summed E-state index contributed by atoms with van der Waals surface area (Å²) in [7, 11) is 0. The summed E-state index contributed by atoms with van der Waals surface area (Å²) in [5.74, 6) is -0.0899. The van der Waals surface area contributed by atoms with Gasteiger partial charge in [-0.25, -0.2) is 0 Å². The number of nitrogens with one attached hydrogen (secondary N) is 3. The van der Waals surface area contributed by atoms with E-state index in [2.05, 4.69) is 16.0 Å². The molecule has 1 fully saturated rings. The molecule has 0 aromatic heterocycles. The first-order chi connectivity index (χ1) is 9.70. The molecule has 1 saturated heterocycles. The molecule has 0 saturated carbocycles. The van der Waals surface area contributed by atoms with E-state index in [9.17, 15) is 9.59 Å². The molecule has 2 rings (SSSR count). The van der Waals surface area contributed by atoms with E-state index in [-0.39, 0.29) is 30.3 Å². The van der Waals surface area contributed by atoms with E-state index < -0.39 is 0 Å².